The summed E-state index contributed by atoms with van der Waals surface area (Å²) in [7, 11) is -4.61. The molecule has 0 radical (unpaired) electrons. The van der Waals surface area contributed by atoms with Crippen LogP contribution in [0.1, 0.15) is 10.4 Å². The van der Waals surface area contributed by atoms with E-state index in [0.29, 0.717) is 6.07 Å². The number of benzene rings is 1. The van der Waals surface area contributed by atoms with Crippen LogP contribution in [0.2, 0.25) is 0 Å². The minimum atomic E-state index is -4.61. The molecule has 0 aromatic heterocycles. The van der Waals surface area contributed by atoms with Crippen LogP contribution in [-0.4, -0.2) is 24.0 Å². The van der Waals surface area contributed by atoms with E-state index in [0.717, 1.165) is 12.1 Å². The second-order valence-electron chi connectivity index (χ2n) is 3.70. The summed E-state index contributed by atoms with van der Waals surface area (Å²) in [5, 5.41) is 37.6. The molecule has 1 rings (SSSR count). The Bertz CT molecular complexity index is 881. The van der Waals surface area contributed by atoms with Gasteiger partial charge >= 0.3 is 5.97 Å². The summed E-state index contributed by atoms with van der Waals surface area (Å²) in [5.74, 6) is -1.54. The number of anilines is 1. The van der Waals surface area contributed by atoms with Crippen molar-refractivity contribution in [3.63, 3.8) is 0 Å². The molecule has 0 unspecified atom stereocenters. The molecule has 0 aliphatic rings. The van der Waals surface area contributed by atoms with Crippen molar-refractivity contribution in [2.24, 2.45) is 0 Å². The van der Waals surface area contributed by atoms with Crippen molar-refractivity contribution in [3.8, 4) is 18.2 Å². The van der Waals surface area contributed by atoms with E-state index in [1.807, 2.05) is 0 Å². The van der Waals surface area contributed by atoms with E-state index in [9.17, 15) is 13.2 Å². The van der Waals surface area contributed by atoms with Crippen LogP contribution in [0.25, 0.3) is 0 Å². The predicted octanol–water partition coefficient (Wildman–Crippen LogP) is 0.868. The Morgan fingerprint density at radius 1 is 1.14 bits per heavy atom. The Morgan fingerprint density at radius 3 is 2.14 bits per heavy atom. The summed E-state index contributed by atoms with van der Waals surface area (Å²) in [6, 6.07) is 7.00. The Labute approximate surface area is 124 Å². The Morgan fingerprint density at radius 2 is 1.73 bits per heavy atom. The molecule has 1 aromatic rings. The van der Waals surface area contributed by atoms with Crippen molar-refractivity contribution in [2.45, 2.75) is 4.90 Å². The molecule has 0 atom stereocenters. The number of hydrogen-bond donors (Lipinski definition) is 3. The molecule has 110 valence electrons. The van der Waals surface area contributed by atoms with E-state index in [1.54, 1.807) is 0 Å². The SMILES string of the molecule is N#CC(C#N)=C(C#N)Nc1ccc(S(=O)(=O)O)cc1C(=O)O. The number of hydrogen-bond acceptors (Lipinski definition) is 7. The van der Waals surface area contributed by atoms with Crippen LogP contribution in [0.3, 0.4) is 0 Å². The highest BCUT2D eigenvalue weighted by atomic mass is 32.2. The average Bonchev–Trinajstić information content (AvgIpc) is 2.46. The largest absolute Gasteiger partial charge is 0.478 e. The fraction of sp³-hybridized carbons (Fsp3) is 0. The van der Waals surface area contributed by atoms with E-state index in [2.05, 4.69) is 5.32 Å². The number of carboxylic acid groups (broad SMARTS) is 1. The lowest BCUT2D eigenvalue weighted by Gasteiger charge is -2.09. The fourth-order valence-corrected chi connectivity index (χ4v) is 1.89. The van der Waals surface area contributed by atoms with Crippen molar-refractivity contribution in [2.75, 3.05) is 5.32 Å². The molecular weight excluding hydrogens is 312 g/mol. The van der Waals surface area contributed by atoms with Gasteiger partial charge in [-0.05, 0) is 18.2 Å². The number of carboxylic acids is 1. The lowest BCUT2D eigenvalue weighted by Crippen LogP contribution is -2.09. The molecule has 0 bridgehead atoms. The number of aromatic carboxylic acids is 1. The molecule has 9 nitrogen and oxygen atoms in total. The van der Waals surface area contributed by atoms with Gasteiger partial charge in [0.15, 0.2) is 5.57 Å². The van der Waals surface area contributed by atoms with Crippen LogP contribution in [0.15, 0.2) is 34.4 Å². The van der Waals surface area contributed by atoms with Gasteiger partial charge in [-0.3, -0.25) is 4.55 Å². The lowest BCUT2D eigenvalue weighted by molar-refractivity contribution is 0.0697. The normalized spacial score (nSPS) is 9.73. The maximum Gasteiger partial charge on any atom is 0.337 e. The van der Waals surface area contributed by atoms with Gasteiger partial charge < -0.3 is 10.4 Å². The van der Waals surface area contributed by atoms with E-state index in [-0.39, 0.29) is 5.69 Å². The highest BCUT2D eigenvalue weighted by Crippen LogP contribution is 2.22. The summed E-state index contributed by atoms with van der Waals surface area (Å²) >= 11 is 0. The highest BCUT2D eigenvalue weighted by Gasteiger charge is 2.18. The number of allylic oxidation sites excluding steroid dienone is 2. The predicted molar refractivity (Wildman–Crippen MR) is 70.7 cm³/mol. The average molecular weight is 318 g/mol. The molecule has 0 spiro atoms. The minimum Gasteiger partial charge on any atom is -0.478 e. The summed E-state index contributed by atoms with van der Waals surface area (Å²) in [6.07, 6.45) is 0. The van der Waals surface area contributed by atoms with Crippen molar-refractivity contribution in [1.82, 2.24) is 0 Å². The van der Waals surface area contributed by atoms with Gasteiger partial charge in [0.1, 0.15) is 23.9 Å². The zero-order valence-corrected chi connectivity index (χ0v) is 11.4. The van der Waals surface area contributed by atoms with Gasteiger partial charge in [-0.2, -0.15) is 24.2 Å². The topological polar surface area (TPSA) is 175 Å². The van der Waals surface area contributed by atoms with E-state index in [4.69, 9.17) is 25.4 Å². The third kappa shape index (κ3) is 3.58. The van der Waals surface area contributed by atoms with E-state index in [1.165, 1.54) is 18.2 Å². The first-order valence-corrected chi connectivity index (χ1v) is 6.75. The third-order valence-corrected chi connectivity index (χ3v) is 3.21. The smallest absolute Gasteiger partial charge is 0.337 e. The van der Waals surface area contributed by atoms with Crippen molar-refractivity contribution >= 4 is 21.8 Å². The van der Waals surface area contributed by atoms with Crippen LogP contribution < -0.4 is 5.32 Å². The molecule has 0 aliphatic heterocycles. The second-order valence-corrected chi connectivity index (χ2v) is 5.12. The maximum atomic E-state index is 11.1. The standard InChI is InChI=1S/C12H6N4O5S/c13-4-7(5-14)11(6-15)16-10-2-1-8(22(19,20)21)3-9(10)12(17)18/h1-3,16H,(H,17,18)(H,19,20,21). The zero-order chi connectivity index (χ0) is 16.9. The van der Waals surface area contributed by atoms with Gasteiger partial charge in [-0.1, -0.05) is 0 Å². The summed E-state index contributed by atoms with van der Waals surface area (Å²) in [5.41, 5.74) is -1.86. The van der Waals surface area contributed by atoms with Crippen LogP contribution in [0.4, 0.5) is 5.69 Å². The van der Waals surface area contributed by atoms with Crippen molar-refractivity contribution < 1.29 is 22.9 Å². The first-order chi connectivity index (χ1) is 10.2. The lowest BCUT2D eigenvalue weighted by atomic mass is 10.1. The van der Waals surface area contributed by atoms with E-state index >= 15 is 0 Å². The molecule has 3 N–H and O–H groups in total. The molecule has 10 heteroatoms. The molecular formula is C12H6N4O5S. The number of nitrogens with zero attached hydrogens (tertiary/aromatic N) is 3. The van der Waals surface area contributed by atoms with Crippen LogP contribution >= 0.6 is 0 Å². The second kappa shape index (κ2) is 6.37. The van der Waals surface area contributed by atoms with Crippen molar-refractivity contribution in [1.29, 1.82) is 15.8 Å². The summed E-state index contributed by atoms with van der Waals surface area (Å²) in [4.78, 5) is 10.5. The van der Waals surface area contributed by atoms with Gasteiger partial charge in [0, 0.05) is 0 Å². The first kappa shape index (κ1) is 16.7. The van der Waals surface area contributed by atoms with Gasteiger partial charge in [-0.25, -0.2) is 4.79 Å². The molecule has 0 saturated heterocycles. The van der Waals surface area contributed by atoms with Crippen LogP contribution in [0, 0.1) is 34.0 Å². The van der Waals surface area contributed by atoms with Crippen LogP contribution in [-0.2, 0) is 10.1 Å². The fourth-order valence-electron chi connectivity index (χ4n) is 1.39. The zero-order valence-electron chi connectivity index (χ0n) is 10.6. The molecule has 1 aromatic carbocycles. The number of nitriles is 3. The van der Waals surface area contributed by atoms with E-state index < -0.39 is 37.8 Å². The Kier molecular flexibility index (Phi) is 4.83. The monoisotopic (exact) mass is 318 g/mol. The molecule has 0 fully saturated rings. The number of nitrogens with one attached hydrogen (secondary N) is 1. The van der Waals surface area contributed by atoms with Crippen molar-refractivity contribution in [3.05, 3.63) is 35.0 Å². The molecule has 22 heavy (non-hydrogen) atoms. The molecule has 0 heterocycles. The Balaban J connectivity index is 3.49. The van der Waals surface area contributed by atoms with Crippen LogP contribution in [0.5, 0.6) is 0 Å². The highest BCUT2D eigenvalue weighted by molar-refractivity contribution is 7.85. The Hall–Kier alpha value is -3.39. The summed E-state index contributed by atoms with van der Waals surface area (Å²) in [6.45, 7) is 0. The molecule has 0 amide bonds. The van der Waals surface area contributed by atoms with Gasteiger partial charge in [-0.15, -0.1) is 0 Å². The first-order valence-electron chi connectivity index (χ1n) is 5.31. The van der Waals surface area contributed by atoms with Gasteiger partial charge in [0.25, 0.3) is 10.1 Å². The molecule has 0 aliphatic carbocycles. The van der Waals surface area contributed by atoms with Gasteiger partial charge in [0.05, 0.1) is 16.1 Å². The number of carbonyl (C=O) groups is 1. The van der Waals surface area contributed by atoms with Gasteiger partial charge in [0.2, 0.25) is 0 Å². The third-order valence-electron chi connectivity index (χ3n) is 2.36. The summed E-state index contributed by atoms with van der Waals surface area (Å²) < 4.78 is 30.9. The molecule has 0 saturated carbocycles. The quantitative estimate of drug-likeness (QED) is 0.537. The minimum absolute atomic E-state index is 0.223. The number of rotatable bonds is 4. The maximum absolute atomic E-state index is 11.1.